The highest BCUT2D eigenvalue weighted by molar-refractivity contribution is 5.83. The number of amides is 1. The van der Waals surface area contributed by atoms with E-state index in [0.717, 1.165) is 25.7 Å². The van der Waals surface area contributed by atoms with Crippen molar-refractivity contribution in [3.8, 4) is 12.0 Å². The van der Waals surface area contributed by atoms with Gasteiger partial charge in [0.05, 0.1) is 13.7 Å². The van der Waals surface area contributed by atoms with Crippen molar-refractivity contribution in [2.45, 2.75) is 65.5 Å². The number of hydrogen-bond donors (Lipinski definition) is 1. The predicted octanol–water partition coefficient (Wildman–Crippen LogP) is 3.24. The third kappa shape index (κ3) is 5.68. The molecule has 0 spiro atoms. The van der Waals surface area contributed by atoms with Crippen molar-refractivity contribution in [3.63, 3.8) is 0 Å². The Labute approximate surface area is 183 Å². The molecule has 1 saturated heterocycles. The van der Waals surface area contributed by atoms with Gasteiger partial charge in [-0.25, -0.2) is 4.79 Å². The minimum Gasteiger partial charge on any atom is -0.468 e. The first-order valence-corrected chi connectivity index (χ1v) is 10.9. The Hall–Kier alpha value is -2.78. The molecule has 2 aromatic heterocycles. The van der Waals surface area contributed by atoms with Crippen molar-refractivity contribution in [1.29, 1.82) is 0 Å². The standard InChI is InChI=1S/C21H34N6O4/c1-6-7-11-30-18-24-16(22)15-17(25-18)27(19(23-15)29-5)13-14-9-8-10-26(12-14)20(28)31-21(2,3)4/h14H,6-13H2,1-5H3,(H2,22,24,25). The predicted molar refractivity (Wildman–Crippen MR) is 117 cm³/mol. The molecule has 1 amide bonds. The van der Waals surface area contributed by atoms with Crippen LogP contribution in [0.5, 0.6) is 12.0 Å². The second kappa shape index (κ2) is 9.57. The summed E-state index contributed by atoms with van der Waals surface area (Å²) in [6, 6.07) is 0.650. The minimum absolute atomic E-state index is 0.202. The van der Waals surface area contributed by atoms with Crippen LogP contribution in [0, 0.1) is 5.92 Å². The molecule has 2 N–H and O–H groups in total. The fourth-order valence-corrected chi connectivity index (χ4v) is 3.64. The zero-order chi connectivity index (χ0) is 22.6. The van der Waals surface area contributed by atoms with Crippen LogP contribution in [0.1, 0.15) is 53.4 Å². The largest absolute Gasteiger partial charge is 0.468 e. The number of piperidine rings is 1. The average molecular weight is 435 g/mol. The summed E-state index contributed by atoms with van der Waals surface area (Å²) in [5, 5.41) is 0. The molecule has 1 aliphatic heterocycles. The molecule has 0 aliphatic carbocycles. The van der Waals surface area contributed by atoms with E-state index in [-0.39, 0.29) is 23.8 Å². The van der Waals surface area contributed by atoms with Crippen LogP contribution in [0.4, 0.5) is 10.6 Å². The number of unbranched alkanes of at least 4 members (excludes halogenated alkanes) is 1. The Morgan fingerprint density at radius 1 is 1.26 bits per heavy atom. The monoisotopic (exact) mass is 434 g/mol. The molecule has 1 fully saturated rings. The van der Waals surface area contributed by atoms with Gasteiger partial charge in [0.1, 0.15) is 5.60 Å². The Morgan fingerprint density at radius 3 is 2.71 bits per heavy atom. The maximum Gasteiger partial charge on any atom is 0.410 e. The second-order valence-corrected chi connectivity index (χ2v) is 8.91. The first kappa shape index (κ1) is 22.9. The summed E-state index contributed by atoms with van der Waals surface area (Å²) in [5.41, 5.74) is 6.66. The molecule has 172 valence electrons. The van der Waals surface area contributed by atoms with Gasteiger partial charge in [0, 0.05) is 19.6 Å². The molecule has 3 rings (SSSR count). The van der Waals surface area contributed by atoms with E-state index in [4.69, 9.17) is 19.9 Å². The molecule has 31 heavy (non-hydrogen) atoms. The van der Waals surface area contributed by atoms with Crippen molar-refractivity contribution < 1.29 is 19.0 Å². The molecule has 10 heteroatoms. The van der Waals surface area contributed by atoms with Crippen molar-refractivity contribution in [2.75, 3.05) is 32.5 Å². The molecule has 0 aromatic carbocycles. The summed E-state index contributed by atoms with van der Waals surface area (Å²) in [6.07, 6.45) is 3.52. The van der Waals surface area contributed by atoms with Crippen LogP contribution in [-0.2, 0) is 11.3 Å². The number of hydrogen-bond acceptors (Lipinski definition) is 8. The Balaban J connectivity index is 1.81. The molecule has 1 atom stereocenters. The number of nitrogens with zero attached hydrogens (tertiary/aromatic N) is 5. The molecule has 0 radical (unpaired) electrons. The minimum atomic E-state index is -0.517. The highest BCUT2D eigenvalue weighted by Crippen LogP contribution is 2.29. The smallest absolute Gasteiger partial charge is 0.410 e. The van der Waals surface area contributed by atoms with Gasteiger partial charge in [0.25, 0.3) is 6.01 Å². The summed E-state index contributed by atoms with van der Waals surface area (Å²) < 4.78 is 18.6. The number of methoxy groups -OCH3 is 1. The number of imidazole rings is 1. The van der Waals surface area contributed by atoms with Gasteiger partial charge in [-0.3, -0.25) is 4.57 Å². The molecule has 1 unspecified atom stereocenters. The normalized spacial score (nSPS) is 17.1. The lowest BCUT2D eigenvalue weighted by Gasteiger charge is -2.34. The third-order valence-electron chi connectivity index (χ3n) is 5.09. The zero-order valence-corrected chi connectivity index (χ0v) is 19.2. The summed E-state index contributed by atoms with van der Waals surface area (Å²) in [6.45, 7) is 10.1. The first-order chi connectivity index (χ1) is 14.7. The van der Waals surface area contributed by atoms with E-state index < -0.39 is 5.60 Å². The van der Waals surface area contributed by atoms with Crippen LogP contribution < -0.4 is 15.2 Å². The van der Waals surface area contributed by atoms with Crippen molar-refractivity contribution in [3.05, 3.63) is 0 Å². The number of anilines is 1. The maximum atomic E-state index is 12.5. The van der Waals surface area contributed by atoms with Gasteiger partial charge < -0.3 is 24.8 Å². The molecule has 0 saturated carbocycles. The van der Waals surface area contributed by atoms with Crippen LogP contribution in [-0.4, -0.2) is 62.9 Å². The number of carbonyl (C=O) groups is 1. The lowest BCUT2D eigenvalue weighted by atomic mass is 9.98. The van der Waals surface area contributed by atoms with Crippen molar-refractivity contribution in [1.82, 2.24) is 24.4 Å². The topological polar surface area (TPSA) is 118 Å². The molecule has 3 heterocycles. The Kier molecular flexibility index (Phi) is 7.07. The van der Waals surface area contributed by atoms with Crippen LogP contribution in [0.15, 0.2) is 0 Å². The molecular formula is C21H34N6O4. The maximum absolute atomic E-state index is 12.5. The number of fused-ring (bicyclic) bond motifs is 1. The lowest BCUT2D eigenvalue weighted by molar-refractivity contribution is 0.0157. The molecular weight excluding hydrogens is 400 g/mol. The van der Waals surface area contributed by atoms with E-state index in [1.54, 1.807) is 12.0 Å². The summed E-state index contributed by atoms with van der Waals surface area (Å²) in [4.78, 5) is 27.5. The fraction of sp³-hybridized carbons (Fsp3) is 0.714. The first-order valence-electron chi connectivity index (χ1n) is 10.9. The van der Waals surface area contributed by atoms with Gasteiger partial charge in [0.2, 0.25) is 0 Å². The highest BCUT2D eigenvalue weighted by atomic mass is 16.6. The Bertz CT molecular complexity index is 907. The van der Waals surface area contributed by atoms with E-state index >= 15 is 0 Å². The summed E-state index contributed by atoms with van der Waals surface area (Å²) in [7, 11) is 1.56. The average Bonchev–Trinajstić information content (AvgIpc) is 3.05. The van der Waals surface area contributed by atoms with Crippen LogP contribution in [0.2, 0.25) is 0 Å². The lowest BCUT2D eigenvalue weighted by Crippen LogP contribution is -2.43. The van der Waals surface area contributed by atoms with Gasteiger partial charge in [-0.05, 0) is 46.0 Å². The second-order valence-electron chi connectivity index (χ2n) is 8.91. The van der Waals surface area contributed by atoms with E-state index in [2.05, 4.69) is 21.9 Å². The van der Waals surface area contributed by atoms with Gasteiger partial charge in [-0.2, -0.15) is 15.0 Å². The van der Waals surface area contributed by atoms with E-state index in [9.17, 15) is 4.79 Å². The van der Waals surface area contributed by atoms with Gasteiger partial charge >= 0.3 is 12.1 Å². The van der Waals surface area contributed by atoms with Crippen LogP contribution >= 0.6 is 0 Å². The highest BCUT2D eigenvalue weighted by Gasteiger charge is 2.29. The zero-order valence-electron chi connectivity index (χ0n) is 19.2. The number of nitrogen functional groups attached to an aromatic ring is 1. The number of rotatable bonds is 7. The van der Waals surface area contributed by atoms with Gasteiger partial charge in [0.15, 0.2) is 17.0 Å². The molecule has 0 bridgehead atoms. The van der Waals surface area contributed by atoms with Crippen molar-refractivity contribution >= 4 is 23.1 Å². The van der Waals surface area contributed by atoms with E-state index in [1.165, 1.54) is 0 Å². The summed E-state index contributed by atoms with van der Waals surface area (Å²) >= 11 is 0. The quantitative estimate of drug-likeness (QED) is 0.660. The van der Waals surface area contributed by atoms with E-state index in [0.29, 0.717) is 43.4 Å². The molecule has 10 nitrogen and oxygen atoms in total. The van der Waals surface area contributed by atoms with Gasteiger partial charge in [-0.1, -0.05) is 13.3 Å². The number of nitrogens with two attached hydrogens (primary N) is 1. The number of carbonyl (C=O) groups excluding carboxylic acids is 1. The number of ether oxygens (including phenoxy) is 3. The SMILES string of the molecule is CCCCOc1nc(N)c2nc(OC)n(CC3CCCN(C(=O)OC(C)(C)C)C3)c2n1. The fourth-order valence-electron chi connectivity index (χ4n) is 3.64. The third-order valence-corrected chi connectivity index (χ3v) is 5.09. The number of likely N-dealkylation sites (tertiary alicyclic amines) is 1. The van der Waals surface area contributed by atoms with E-state index in [1.807, 2.05) is 25.3 Å². The molecule has 1 aliphatic rings. The van der Waals surface area contributed by atoms with Crippen LogP contribution in [0.25, 0.3) is 11.2 Å². The summed E-state index contributed by atoms with van der Waals surface area (Å²) in [5.74, 6) is 0.459. The van der Waals surface area contributed by atoms with Crippen molar-refractivity contribution in [2.24, 2.45) is 5.92 Å². The molecule has 2 aromatic rings. The van der Waals surface area contributed by atoms with Gasteiger partial charge in [-0.15, -0.1) is 0 Å². The van der Waals surface area contributed by atoms with Crippen LogP contribution in [0.3, 0.4) is 0 Å². The Morgan fingerprint density at radius 2 is 2.03 bits per heavy atom. The number of aromatic nitrogens is 4.